The van der Waals surface area contributed by atoms with Crippen LogP contribution in [0.3, 0.4) is 0 Å². The van der Waals surface area contributed by atoms with E-state index in [1.807, 2.05) is 49.6 Å². The molecule has 0 saturated heterocycles. The number of aryl methyl sites for hydroxylation is 2. The third-order valence-corrected chi connectivity index (χ3v) is 10.9. The van der Waals surface area contributed by atoms with E-state index in [4.69, 9.17) is 7.16 Å². The largest absolute Gasteiger partial charge is 0.454 e. The van der Waals surface area contributed by atoms with Gasteiger partial charge in [0.1, 0.15) is 18.2 Å². The van der Waals surface area contributed by atoms with Crippen LogP contribution in [-0.4, -0.2) is 8.07 Å². The molecule has 0 amide bonds. The Balaban J connectivity index is 1.75. The molecular formula is C31H29N2OSi+. The molecule has 0 saturated carbocycles. The summed E-state index contributed by atoms with van der Waals surface area (Å²) in [7, 11) is 0.213. The molecule has 35 heavy (non-hydrogen) atoms. The Morgan fingerprint density at radius 1 is 0.971 bits per heavy atom. The minimum atomic E-state index is -1.81. The summed E-state index contributed by atoms with van der Waals surface area (Å²) >= 11 is 0. The molecular weight excluding hydrogens is 444 g/mol. The molecule has 0 N–H and O–H groups in total. The summed E-state index contributed by atoms with van der Waals surface area (Å²) < 4.78 is 26.8. The van der Waals surface area contributed by atoms with Crippen LogP contribution in [0.25, 0.3) is 44.3 Å². The molecule has 0 bridgehead atoms. The molecule has 1 aliphatic rings. The van der Waals surface area contributed by atoms with Gasteiger partial charge in [0.15, 0.2) is 6.20 Å². The molecule has 3 heterocycles. The molecule has 4 heteroatoms. The van der Waals surface area contributed by atoms with Gasteiger partial charge in [-0.15, -0.1) is 0 Å². The number of hydrogen-bond acceptors (Lipinski definition) is 2. The van der Waals surface area contributed by atoms with Crippen LogP contribution in [0.4, 0.5) is 0 Å². The Morgan fingerprint density at radius 3 is 2.51 bits per heavy atom. The van der Waals surface area contributed by atoms with Gasteiger partial charge >= 0.3 is 0 Å². The van der Waals surface area contributed by atoms with E-state index in [0.29, 0.717) is 23.1 Å². The van der Waals surface area contributed by atoms with Gasteiger partial charge in [-0.1, -0.05) is 61.1 Å². The minimum absolute atomic E-state index is 0.502. The fourth-order valence-corrected chi connectivity index (χ4v) is 8.08. The predicted octanol–water partition coefficient (Wildman–Crippen LogP) is 6.79. The number of rotatable bonds is 2. The van der Waals surface area contributed by atoms with Crippen LogP contribution in [0.2, 0.25) is 19.1 Å². The summed E-state index contributed by atoms with van der Waals surface area (Å²) in [6.45, 7) is 6.71. The molecule has 172 valence electrons. The van der Waals surface area contributed by atoms with Crippen LogP contribution < -0.4 is 9.75 Å². The Hall–Kier alpha value is -3.68. The first-order valence-corrected chi connectivity index (χ1v) is 15.3. The van der Waals surface area contributed by atoms with Gasteiger partial charge in [-0.25, -0.2) is 4.57 Å². The van der Waals surface area contributed by atoms with E-state index in [1.54, 1.807) is 0 Å². The van der Waals surface area contributed by atoms with E-state index in [2.05, 4.69) is 54.9 Å². The van der Waals surface area contributed by atoms with E-state index in [0.717, 1.165) is 55.5 Å². The fourth-order valence-electron chi connectivity index (χ4n) is 5.61. The normalized spacial score (nSPS) is 17.0. The van der Waals surface area contributed by atoms with Crippen LogP contribution >= 0.6 is 0 Å². The lowest BCUT2D eigenvalue weighted by molar-refractivity contribution is -0.660. The zero-order valence-corrected chi connectivity index (χ0v) is 21.6. The number of furan rings is 1. The molecule has 3 nitrogen and oxygen atoms in total. The number of benzene rings is 3. The van der Waals surface area contributed by atoms with E-state index in [9.17, 15) is 5.26 Å². The van der Waals surface area contributed by atoms with Crippen LogP contribution in [0.1, 0.15) is 25.9 Å². The van der Waals surface area contributed by atoms with Crippen molar-refractivity contribution in [2.24, 2.45) is 7.05 Å². The average molecular weight is 476 g/mol. The van der Waals surface area contributed by atoms with Crippen molar-refractivity contribution >= 4 is 35.2 Å². The summed E-state index contributed by atoms with van der Waals surface area (Å²) in [4.78, 5) is 0. The number of pyridine rings is 1. The monoisotopic (exact) mass is 475 g/mol. The van der Waals surface area contributed by atoms with Crippen molar-refractivity contribution < 1.29 is 11.7 Å². The van der Waals surface area contributed by atoms with Gasteiger partial charge in [0.25, 0.3) is 0 Å². The van der Waals surface area contributed by atoms with Crippen molar-refractivity contribution in [3.05, 3.63) is 83.6 Å². The van der Waals surface area contributed by atoms with Crippen molar-refractivity contribution in [3.8, 4) is 28.5 Å². The summed E-state index contributed by atoms with van der Waals surface area (Å²) in [5.74, 6) is 0. The second-order valence-corrected chi connectivity index (χ2v) is 15.0. The van der Waals surface area contributed by atoms with E-state index < -0.39 is 14.4 Å². The molecule has 0 spiro atoms. The first kappa shape index (κ1) is 19.6. The Kier molecular flexibility index (Phi) is 4.44. The summed E-state index contributed by atoms with van der Waals surface area (Å²) in [6, 6.07) is 23.5. The van der Waals surface area contributed by atoms with Crippen molar-refractivity contribution in [2.45, 2.75) is 38.9 Å². The molecule has 5 aromatic rings. The molecule has 0 unspecified atom stereocenters. The SMILES string of the molecule is [2H]C1([2H])CC[Si](C)(C)c2cccc(-c3c(C#N)ccc4c3oc3c(-c5cccc[n+]5C)c(C)ccc34)c21. The minimum Gasteiger partial charge on any atom is -0.454 e. The molecule has 2 aromatic heterocycles. The number of hydrogen-bond donors (Lipinski definition) is 0. The van der Waals surface area contributed by atoms with Gasteiger partial charge in [0.05, 0.1) is 25.3 Å². The topological polar surface area (TPSA) is 40.8 Å². The summed E-state index contributed by atoms with van der Waals surface area (Å²) in [5.41, 5.74) is 7.35. The smallest absolute Gasteiger partial charge is 0.216 e. The maximum atomic E-state index is 10.2. The highest BCUT2D eigenvalue weighted by Gasteiger charge is 2.32. The van der Waals surface area contributed by atoms with Gasteiger partial charge in [-0.3, -0.25) is 0 Å². The van der Waals surface area contributed by atoms with Crippen molar-refractivity contribution in [3.63, 3.8) is 0 Å². The second-order valence-electron chi connectivity index (χ2n) is 10.2. The highest BCUT2D eigenvalue weighted by molar-refractivity contribution is 6.90. The van der Waals surface area contributed by atoms with Gasteiger partial charge < -0.3 is 4.42 Å². The van der Waals surface area contributed by atoms with Crippen molar-refractivity contribution in [1.82, 2.24) is 0 Å². The zero-order chi connectivity index (χ0) is 26.1. The van der Waals surface area contributed by atoms with Crippen LogP contribution in [0, 0.1) is 18.3 Å². The number of fused-ring (bicyclic) bond motifs is 4. The molecule has 0 radical (unpaired) electrons. The van der Waals surface area contributed by atoms with E-state index in [-0.39, 0.29) is 0 Å². The van der Waals surface area contributed by atoms with Crippen molar-refractivity contribution in [1.29, 1.82) is 5.26 Å². The predicted molar refractivity (Wildman–Crippen MR) is 145 cm³/mol. The third kappa shape index (κ3) is 3.26. The van der Waals surface area contributed by atoms with E-state index >= 15 is 0 Å². The summed E-state index contributed by atoms with van der Waals surface area (Å²) in [5, 5.41) is 13.3. The lowest BCUT2D eigenvalue weighted by Crippen LogP contribution is -2.46. The van der Waals surface area contributed by atoms with Crippen LogP contribution in [0.15, 0.2) is 71.3 Å². The molecule has 6 rings (SSSR count). The Morgan fingerprint density at radius 2 is 1.74 bits per heavy atom. The lowest BCUT2D eigenvalue weighted by Gasteiger charge is -2.32. The number of nitriles is 1. The fraction of sp³-hybridized carbons (Fsp3) is 0.226. The first-order chi connectivity index (χ1) is 17.6. The van der Waals surface area contributed by atoms with Crippen LogP contribution in [0.5, 0.6) is 0 Å². The molecule has 1 aliphatic heterocycles. The maximum Gasteiger partial charge on any atom is 0.216 e. The summed E-state index contributed by atoms with van der Waals surface area (Å²) in [6.07, 6.45) is 1.07. The molecule has 0 fully saturated rings. The first-order valence-electron chi connectivity index (χ1n) is 13.1. The molecule has 0 aliphatic carbocycles. The van der Waals surface area contributed by atoms with Gasteiger partial charge in [-0.2, -0.15) is 5.26 Å². The number of aromatic nitrogens is 1. The van der Waals surface area contributed by atoms with Crippen LogP contribution in [-0.2, 0) is 13.4 Å². The third-order valence-electron chi connectivity index (χ3n) is 7.56. The second kappa shape index (κ2) is 7.93. The Labute approximate surface area is 210 Å². The highest BCUT2D eigenvalue weighted by Crippen LogP contribution is 2.43. The standard InChI is InChI=1S/C31H29N2OSi/c1-20-13-15-24-25-16-14-21(19-32)29(23-9-7-12-27-22(23)10-8-18-35(27,3)4)31(25)34-30(24)28(20)26-11-5-6-17-33(26)2/h5-7,9,11-17H,8,10,18H2,1-4H3/q+1/i10D2. The molecule has 3 aromatic carbocycles. The average Bonchev–Trinajstić information content (AvgIpc) is 3.25. The number of nitrogens with zero attached hydrogens (tertiary/aromatic N) is 2. The van der Waals surface area contributed by atoms with Gasteiger partial charge in [0.2, 0.25) is 5.69 Å². The van der Waals surface area contributed by atoms with Crippen molar-refractivity contribution in [2.75, 3.05) is 0 Å². The lowest BCUT2D eigenvalue weighted by atomic mass is 9.91. The Bertz CT molecular complexity index is 1780. The quantitative estimate of drug-likeness (QED) is 0.208. The highest BCUT2D eigenvalue weighted by atomic mass is 28.3. The maximum absolute atomic E-state index is 10.2. The van der Waals surface area contributed by atoms with Gasteiger partial charge in [-0.05, 0) is 48.2 Å². The van der Waals surface area contributed by atoms with E-state index in [1.165, 1.54) is 0 Å². The zero-order valence-electron chi connectivity index (χ0n) is 22.6. The molecule has 0 atom stereocenters. The van der Waals surface area contributed by atoms with Gasteiger partial charge in [0, 0.05) is 31.2 Å².